The summed E-state index contributed by atoms with van der Waals surface area (Å²) in [6.07, 6.45) is -1.02. The lowest BCUT2D eigenvalue weighted by Gasteiger charge is -2.36. The average molecular weight is 304 g/mol. The largest absolute Gasteiger partial charge is 0.273 e. The predicted octanol–water partition coefficient (Wildman–Crippen LogP) is 0.708. The standard InChI is InChI=1S/C9H14F2O5S2/c1-16-17(12,13)6-8(2-3-8)18(14,15)7-4-9(10,11)5-7/h7H,2-6H2,1H3. The first kappa shape index (κ1) is 14.1. The van der Waals surface area contributed by atoms with Crippen molar-refractivity contribution >= 4 is 20.0 Å². The molecule has 0 spiro atoms. The van der Waals surface area contributed by atoms with E-state index in [1.165, 1.54) is 0 Å². The summed E-state index contributed by atoms with van der Waals surface area (Å²) in [5, 5.41) is -1.12. The zero-order chi connectivity index (χ0) is 13.8. The fraction of sp³-hybridized carbons (Fsp3) is 1.00. The normalized spacial score (nSPS) is 26.6. The Balaban J connectivity index is 2.16. The van der Waals surface area contributed by atoms with Crippen LogP contribution in [0.4, 0.5) is 8.78 Å². The number of sulfone groups is 1. The van der Waals surface area contributed by atoms with Crippen LogP contribution in [0.25, 0.3) is 0 Å². The summed E-state index contributed by atoms with van der Waals surface area (Å²) in [6.45, 7) is 0. The Bertz CT molecular complexity index is 540. The van der Waals surface area contributed by atoms with E-state index in [9.17, 15) is 25.6 Å². The molecular weight excluding hydrogens is 290 g/mol. The number of halogens is 2. The van der Waals surface area contributed by atoms with Crippen LogP contribution in [0.3, 0.4) is 0 Å². The smallest absolute Gasteiger partial charge is 0.268 e. The molecule has 2 saturated carbocycles. The van der Waals surface area contributed by atoms with Gasteiger partial charge in [-0.1, -0.05) is 0 Å². The van der Waals surface area contributed by atoms with Crippen LogP contribution in [-0.4, -0.2) is 45.6 Å². The Morgan fingerprint density at radius 1 is 1.17 bits per heavy atom. The third-order valence-electron chi connectivity index (χ3n) is 3.60. The minimum absolute atomic E-state index is 0.194. The van der Waals surface area contributed by atoms with E-state index in [1.54, 1.807) is 0 Å². The van der Waals surface area contributed by atoms with Gasteiger partial charge in [0, 0.05) is 12.8 Å². The summed E-state index contributed by atoms with van der Waals surface area (Å²) in [5.74, 6) is -3.57. The summed E-state index contributed by atoms with van der Waals surface area (Å²) >= 11 is 0. The van der Waals surface area contributed by atoms with E-state index in [4.69, 9.17) is 0 Å². The SMILES string of the molecule is COS(=O)(=O)CC1(S(=O)(=O)C2CC(F)(F)C2)CC1. The Morgan fingerprint density at radius 3 is 2.00 bits per heavy atom. The van der Waals surface area contributed by atoms with Crippen molar-refractivity contribution in [2.45, 2.75) is 41.6 Å². The van der Waals surface area contributed by atoms with E-state index in [-0.39, 0.29) is 12.8 Å². The Hall–Kier alpha value is -0.280. The van der Waals surface area contributed by atoms with E-state index in [0.717, 1.165) is 7.11 Å². The summed E-state index contributed by atoms with van der Waals surface area (Å²) < 4.78 is 75.2. The molecule has 2 aliphatic carbocycles. The molecule has 0 radical (unpaired) electrons. The minimum Gasteiger partial charge on any atom is -0.273 e. The molecule has 0 atom stereocenters. The van der Waals surface area contributed by atoms with Crippen LogP contribution in [0.5, 0.6) is 0 Å². The van der Waals surface area contributed by atoms with E-state index < -0.39 is 54.5 Å². The lowest BCUT2D eigenvalue weighted by molar-refractivity contribution is -0.0687. The number of rotatable bonds is 5. The third-order valence-corrected chi connectivity index (χ3v) is 8.16. The first-order valence-electron chi connectivity index (χ1n) is 5.43. The van der Waals surface area contributed by atoms with Gasteiger partial charge >= 0.3 is 0 Å². The molecule has 2 fully saturated rings. The molecule has 5 nitrogen and oxygen atoms in total. The minimum atomic E-state index is -3.91. The van der Waals surface area contributed by atoms with E-state index >= 15 is 0 Å². The van der Waals surface area contributed by atoms with Crippen LogP contribution in [-0.2, 0) is 24.1 Å². The van der Waals surface area contributed by atoms with E-state index in [1.807, 2.05) is 0 Å². The van der Waals surface area contributed by atoms with Crippen LogP contribution in [0.2, 0.25) is 0 Å². The summed E-state index contributed by atoms with van der Waals surface area (Å²) in [7, 11) is -6.80. The van der Waals surface area contributed by atoms with Crippen LogP contribution in [0, 0.1) is 0 Å². The summed E-state index contributed by atoms with van der Waals surface area (Å²) in [6, 6.07) is 0. The van der Waals surface area contributed by atoms with Crippen molar-refractivity contribution in [1.82, 2.24) is 0 Å². The van der Waals surface area contributed by atoms with E-state index in [0.29, 0.717) is 0 Å². The molecule has 0 bridgehead atoms. The van der Waals surface area contributed by atoms with Gasteiger partial charge in [-0.15, -0.1) is 0 Å². The number of alkyl halides is 2. The van der Waals surface area contributed by atoms with Crippen molar-refractivity contribution in [1.29, 1.82) is 0 Å². The molecule has 0 unspecified atom stereocenters. The molecule has 18 heavy (non-hydrogen) atoms. The highest BCUT2D eigenvalue weighted by Crippen LogP contribution is 2.52. The van der Waals surface area contributed by atoms with Crippen LogP contribution >= 0.6 is 0 Å². The Labute approximate surface area is 105 Å². The second-order valence-corrected chi connectivity index (χ2v) is 9.34. The highest BCUT2D eigenvalue weighted by Gasteiger charge is 2.64. The zero-order valence-electron chi connectivity index (χ0n) is 9.73. The van der Waals surface area contributed by atoms with Crippen LogP contribution in [0.15, 0.2) is 0 Å². The monoisotopic (exact) mass is 304 g/mol. The highest BCUT2D eigenvalue weighted by atomic mass is 32.2. The second-order valence-electron chi connectivity index (χ2n) is 4.98. The van der Waals surface area contributed by atoms with Gasteiger partial charge in [0.2, 0.25) is 0 Å². The predicted molar refractivity (Wildman–Crippen MR) is 59.6 cm³/mol. The van der Waals surface area contributed by atoms with Gasteiger partial charge in [-0.25, -0.2) is 17.2 Å². The van der Waals surface area contributed by atoms with Gasteiger partial charge in [0.15, 0.2) is 9.84 Å². The molecule has 2 rings (SSSR count). The fourth-order valence-electron chi connectivity index (χ4n) is 2.21. The maximum absolute atomic E-state index is 12.7. The quantitative estimate of drug-likeness (QED) is 0.699. The van der Waals surface area contributed by atoms with Gasteiger partial charge in [-0.05, 0) is 12.8 Å². The third kappa shape index (κ3) is 2.27. The van der Waals surface area contributed by atoms with Crippen molar-refractivity contribution in [2.24, 2.45) is 0 Å². The van der Waals surface area contributed by atoms with Gasteiger partial charge in [-0.3, -0.25) is 4.18 Å². The van der Waals surface area contributed by atoms with Crippen molar-refractivity contribution in [3.8, 4) is 0 Å². The highest BCUT2D eigenvalue weighted by molar-refractivity contribution is 7.95. The fourth-order valence-corrected chi connectivity index (χ4v) is 6.66. The average Bonchev–Trinajstić information content (AvgIpc) is 2.95. The molecule has 0 aromatic carbocycles. The van der Waals surface area contributed by atoms with Crippen molar-refractivity contribution in [2.75, 3.05) is 12.9 Å². The Kier molecular flexibility index (Phi) is 3.03. The van der Waals surface area contributed by atoms with Crippen molar-refractivity contribution in [3.05, 3.63) is 0 Å². The van der Waals surface area contributed by atoms with Crippen molar-refractivity contribution in [3.63, 3.8) is 0 Å². The molecule has 0 aliphatic heterocycles. The zero-order valence-corrected chi connectivity index (χ0v) is 11.4. The molecule has 0 heterocycles. The molecule has 2 aliphatic rings. The number of hydrogen-bond acceptors (Lipinski definition) is 5. The van der Waals surface area contributed by atoms with Crippen LogP contribution < -0.4 is 0 Å². The molecule has 0 aromatic heterocycles. The number of hydrogen-bond donors (Lipinski definition) is 0. The first-order chi connectivity index (χ1) is 8.04. The van der Waals surface area contributed by atoms with Crippen LogP contribution in [0.1, 0.15) is 25.7 Å². The molecule has 0 aromatic rings. The Morgan fingerprint density at radius 2 is 1.67 bits per heavy atom. The molecule has 0 N–H and O–H groups in total. The van der Waals surface area contributed by atoms with Gasteiger partial charge in [0.25, 0.3) is 16.0 Å². The van der Waals surface area contributed by atoms with Gasteiger partial charge < -0.3 is 0 Å². The summed E-state index contributed by atoms with van der Waals surface area (Å²) in [4.78, 5) is 0. The van der Waals surface area contributed by atoms with E-state index in [2.05, 4.69) is 4.18 Å². The topological polar surface area (TPSA) is 77.5 Å². The molecule has 0 saturated heterocycles. The summed E-state index contributed by atoms with van der Waals surface area (Å²) in [5.41, 5.74) is 0. The molecule has 9 heteroatoms. The molecule has 106 valence electrons. The first-order valence-corrected chi connectivity index (χ1v) is 8.56. The molecule has 0 amide bonds. The van der Waals surface area contributed by atoms with Gasteiger partial charge in [0.05, 0.1) is 22.9 Å². The van der Waals surface area contributed by atoms with Gasteiger partial charge in [0.1, 0.15) is 0 Å². The molecular formula is C9H14F2O5S2. The maximum atomic E-state index is 12.7. The lowest BCUT2D eigenvalue weighted by atomic mass is 9.94. The second kappa shape index (κ2) is 3.86. The van der Waals surface area contributed by atoms with Gasteiger partial charge in [-0.2, -0.15) is 8.42 Å². The maximum Gasteiger partial charge on any atom is 0.268 e. The lowest BCUT2D eigenvalue weighted by Crippen LogP contribution is -2.50. The van der Waals surface area contributed by atoms with Crippen molar-refractivity contribution < 1.29 is 29.8 Å².